The largest absolute Gasteiger partial charge is 0.497 e. The second kappa shape index (κ2) is 7.61. The van der Waals surface area contributed by atoms with Crippen LogP contribution in [0.15, 0.2) is 47.6 Å². The van der Waals surface area contributed by atoms with Crippen molar-refractivity contribution in [1.82, 2.24) is 9.97 Å². The Morgan fingerprint density at radius 3 is 2.73 bits per heavy atom. The number of anilines is 1. The van der Waals surface area contributed by atoms with E-state index in [-0.39, 0.29) is 11.7 Å². The summed E-state index contributed by atoms with van der Waals surface area (Å²) >= 11 is 1.32. The normalized spacial score (nSPS) is 12.0. The van der Waals surface area contributed by atoms with Crippen molar-refractivity contribution in [2.24, 2.45) is 0 Å². The molecule has 0 saturated carbocycles. The number of amides is 1. The van der Waals surface area contributed by atoms with Crippen LogP contribution < -0.4 is 10.1 Å². The number of thioether (sulfide) groups is 1. The molecule has 1 unspecified atom stereocenters. The molecule has 6 nitrogen and oxygen atoms in total. The number of H-pyrrole nitrogens is 1. The summed E-state index contributed by atoms with van der Waals surface area (Å²) in [6, 6.07) is 12.5. The Morgan fingerprint density at radius 2 is 2.00 bits per heavy atom. The third kappa shape index (κ3) is 3.88. The summed E-state index contributed by atoms with van der Waals surface area (Å²) in [4.78, 5) is 31.8. The summed E-state index contributed by atoms with van der Waals surface area (Å²) < 4.78 is 5.20. The Hall–Kier alpha value is -2.80. The van der Waals surface area contributed by atoms with E-state index in [1.807, 2.05) is 18.2 Å². The number of ketones is 1. The minimum Gasteiger partial charge on any atom is -0.497 e. The average Bonchev–Trinajstić information content (AvgIpc) is 3.03. The maximum Gasteiger partial charge on any atom is 0.237 e. The molecule has 0 fully saturated rings. The van der Waals surface area contributed by atoms with E-state index in [1.54, 1.807) is 38.3 Å². The smallest absolute Gasteiger partial charge is 0.237 e. The minimum atomic E-state index is -0.391. The number of ether oxygens (including phenoxy) is 1. The van der Waals surface area contributed by atoms with E-state index < -0.39 is 5.25 Å². The number of nitrogens with zero attached hydrogens (tertiary/aromatic N) is 1. The van der Waals surface area contributed by atoms with Crippen LogP contribution in [0.25, 0.3) is 11.0 Å². The lowest BCUT2D eigenvalue weighted by Gasteiger charge is -2.12. The van der Waals surface area contributed by atoms with Crippen molar-refractivity contribution in [2.75, 3.05) is 12.4 Å². The van der Waals surface area contributed by atoms with E-state index in [4.69, 9.17) is 4.74 Å². The highest BCUT2D eigenvalue weighted by Gasteiger charge is 2.18. The molecule has 0 spiro atoms. The Kier molecular flexibility index (Phi) is 5.27. The molecular formula is C19H19N3O3S. The minimum absolute atomic E-state index is 0.0903. The van der Waals surface area contributed by atoms with Crippen LogP contribution in [0, 0.1) is 0 Å². The van der Waals surface area contributed by atoms with Crippen molar-refractivity contribution in [3.63, 3.8) is 0 Å². The van der Waals surface area contributed by atoms with Gasteiger partial charge in [-0.15, -0.1) is 0 Å². The van der Waals surface area contributed by atoms with Crippen molar-refractivity contribution in [1.29, 1.82) is 0 Å². The zero-order chi connectivity index (χ0) is 18.7. The zero-order valence-electron chi connectivity index (χ0n) is 14.7. The van der Waals surface area contributed by atoms with Gasteiger partial charge in [0, 0.05) is 11.6 Å². The number of aromatic amines is 1. The molecule has 0 radical (unpaired) electrons. The number of rotatable bonds is 6. The molecule has 0 saturated heterocycles. The van der Waals surface area contributed by atoms with E-state index in [9.17, 15) is 9.59 Å². The van der Waals surface area contributed by atoms with Gasteiger partial charge >= 0.3 is 0 Å². The highest BCUT2D eigenvalue weighted by molar-refractivity contribution is 8.00. The molecule has 1 atom stereocenters. The van der Waals surface area contributed by atoms with Gasteiger partial charge in [0.2, 0.25) is 5.91 Å². The fourth-order valence-electron chi connectivity index (χ4n) is 2.50. The molecule has 26 heavy (non-hydrogen) atoms. The molecule has 3 aromatic rings. The van der Waals surface area contributed by atoms with Crippen LogP contribution in [0.4, 0.5) is 5.69 Å². The topological polar surface area (TPSA) is 84.1 Å². The molecule has 1 heterocycles. The maximum atomic E-state index is 12.5. The summed E-state index contributed by atoms with van der Waals surface area (Å²) in [5.74, 6) is 0.457. The van der Waals surface area contributed by atoms with Crippen LogP contribution in [0.2, 0.25) is 0 Å². The Labute approximate surface area is 155 Å². The van der Waals surface area contributed by atoms with Gasteiger partial charge in [-0.3, -0.25) is 9.59 Å². The first-order valence-electron chi connectivity index (χ1n) is 8.09. The number of imidazole rings is 1. The monoisotopic (exact) mass is 369 g/mol. The van der Waals surface area contributed by atoms with E-state index in [1.165, 1.54) is 18.7 Å². The van der Waals surface area contributed by atoms with Gasteiger partial charge in [-0.25, -0.2) is 4.98 Å². The number of nitrogens with one attached hydrogen (secondary N) is 2. The zero-order valence-corrected chi connectivity index (χ0v) is 15.5. The molecule has 0 aliphatic heterocycles. The van der Waals surface area contributed by atoms with Crippen molar-refractivity contribution >= 4 is 40.2 Å². The third-order valence-electron chi connectivity index (χ3n) is 3.89. The number of Topliss-reactive ketones (excluding diaryl/α,β-unsaturated/α-hetero) is 1. The van der Waals surface area contributed by atoms with Gasteiger partial charge in [0.25, 0.3) is 0 Å². The summed E-state index contributed by atoms with van der Waals surface area (Å²) in [6.07, 6.45) is 0. The number of hydrogen-bond acceptors (Lipinski definition) is 5. The van der Waals surface area contributed by atoms with E-state index in [2.05, 4.69) is 15.3 Å². The molecule has 2 N–H and O–H groups in total. The van der Waals surface area contributed by atoms with Gasteiger partial charge < -0.3 is 15.0 Å². The van der Waals surface area contributed by atoms with Gasteiger partial charge in [-0.1, -0.05) is 23.9 Å². The second-order valence-electron chi connectivity index (χ2n) is 5.78. The number of para-hydroxylation sites is 1. The maximum absolute atomic E-state index is 12.5. The molecule has 2 aromatic carbocycles. The van der Waals surface area contributed by atoms with Crippen LogP contribution in [-0.2, 0) is 4.79 Å². The quantitative estimate of drug-likeness (QED) is 0.509. The number of hydrogen-bond donors (Lipinski definition) is 2. The van der Waals surface area contributed by atoms with Gasteiger partial charge in [0.15, 0.2) is 10.9 Å². The number of benzene rings is 2. The molecular weight excluding hydrogens is 350 g/mol. The van der Waals surface area contributed by atoms with Crippen molar-refractivity contribution in [2.45, 2.75) is 24.3 Å². The molecule has 0 bridgehead atoms. The first kappa shape index (κ1) is 18.0. The van der Waals surface area contributed by atoms with Crippen molar-refractivity contribution < 1.29 is 14.3 Å². The fourth-order valence-corrected chi connectivity index (χ4v) is 3.32. The van der Waals surface area contributed by atoms with Crippen molar-refractivity contribution in [3.8, 4) is 5.75 Å². The predicted octanol–water partition coefficient (Wildman–Crippen LogP) is 3.89. The first-order chi connectivity index (χ1) is 12.5. The lowest BCUT2D eigenvalue weighted by atomic mass is 10.1. The molecule has 1 amide bonds. The third-order valence-corrected chi connectivity index (χ3v) is 4.87. The van der Waals surface area contributed by atoms with Crippen LogP contribution in [0.5, 0.6) is 5.75 Å². The molecule has 0 aliphatic carbocycles. The molecule has 3 rings (SSSR count). The summed E-state index contributed by atoms with van der Waals surface area (Å²) in [6.45, 7) is 3.27. The average molecular weight is 369 g/mol. The van der Waals surface area contributed by atoms with Crippen LogP contribution >= 0.6 is 11.8 Å². The number of methoxy groups -OCH3 is 1. The summed E-state index contributed by atoms with van der Waals surface area (Å²) in [5.41, 5.74) is 2.67. The number of carbonyl (C=O) groups excluding carboxylic acids is 2. The number of carbonyl (C=O) groups is 2. The number of fused-ring (bicyclic) bond motifs is 1. The van der Waals surface area contributed by atoms with Crippen LogP contribution in [0.1, 0.15) is 24.2 Å². The lowest BCUT2D eigenvalue weighted by Crippen LogP contribution is -2.23. The van der Waals surface area contributed by atoms with E-state index >= 15 is 0 Å². The molecule has 0 aliphatic rings. The Balaban J connectivity index is 1.72. The van der Waals surface area contributed by atoms with Gasteiger partial charge in [0.05, 0.1) is 29.1 Å². The fraction of sp³-hybridized carbons (Fsp3) is 0.211. The first-order valence-corrected chi connectivity index (χ1v) is 8.97. The van der Waals surface area contributed by atoms with Crippen LogP contribution in [0.3, 0.4) is 0 Å². The summed E-state index contributed by atoms with van der Waals surface area (Å²) in [7, 11) is 1.61. The predicted molar refractivity (Wildman–Crippen MR) is 103 cm³/mol. The van der Waals surface area contributed by atoms with Crippen molar-refractivity contribution in [3.05, 3.63) is 48.0 Å². The van der Waals surface area contributed by atoms with Gasteiger partial charge in [-0.05, 0) is 38.1 Å². The molecule has 134 valence electrons. The molecule has 1 aromatic heterocycles. The highest BCUT2D eigenvalue weighted by Crippen LogP contribution is 2.26. The highest BCUT2D eigenvalue weighted by atomic mass is 32.2. The van der Waals surface area contributed by atoms with E-state index in [0.29, 0.717) is 16.4 Å². The van der Waals surface area contributed by atoms with Gasteiger partial charge in [-0.2, -0.15) is 0 Å². The van der Waals surface area contributed by atoms with E-state index in [0.717, 1.165) is 16.8 Å². The number of aromatic nitrogens is 2. The van der Waals surface area contributed by atoms with Crippen LogP contribution in [-0.4, -0.2) is 34.0 Å². The Bertz CT molecular complexity index is 968. The standard InChI is InChI=1S/C19H19N3O3S/c1-11(23)14-6-4-5-7-15(14)20-18(24)12(2)26-19-21-16-9-8-13(25-3)10-17(16)22-19/h4-10,12H,1-3H3,(H,20,24)(H,21,22). The Morgan fingerprint density at radius 1 is 1.23 bits per heavy atom. The molecule has 7 heteroatoms. The van der Waals surface area contributed by atoms with Gasteiger partial charge in [0.1, 0.15) is 5.75 Å². The SMILES string of the molecule is COc1ccc2nc(SC(C)C(=O)Nc3ccccc3C(C)=O)[nH]c2c1. The second-order valence-corrected chi connectivity index (χ2v) is 7.11. The lowest BCUT2D eigenvalue weighted by molar-refractivity contribution is -0.115. The summed E-state index contributed by atoms with van der Waals surface area (Å²) in [5, 5.41) is 3.08.